The monoisotopic (exact) mass is 595 g/mol. The van der Waals surface area contributed by atoms with Gasteiger partial charge in [-0.1, -0.05) is 23.7 Å². The molecule has 0 bridgehead atoms. The van der Waals surface area contributed by atoms with E-state index >= 15 is 0 Å². The summed E-state index contributed by atoms with van der Waals surface area (Å²) in [5.41, 5.74) is 3.39. The van der Waals surface area contributed by atoms with Gasteiger partial charge >= 0.3 is 12.1 Å². The summed E-state index contributed by atoms with van der Waals surface area (Å²) in [6, 6.07) is 6.99. The summed E-state index contributed by atoms with van der Waals surface area (Å²) < 4.78 is 53.0. The second kappa shape index (κ2) is 10.8. The lowest BCUT2D eigenvalue weighted by molar-refractivity contribution is -0.142. The van der Waals surface area contributed by atoms with Crippen molar-refractivity contribution >= 4 is 51.4 Å². The Morgan fingerprint density at radius 1 is 1.20 bits per heavy atom. The first-order chi connectivity index (χ1) is 18.7. The molecule has 0 saturated heterocycles. The number of carbonyl (C=O) groups excluding carboxylic acids is 3. The number of halogens is 4. The number of thiophene rings is 1. The van der Waals surface area contributed by atoms with Crippen LogP contribution in [-0.4, -0.2) is 45.6 Å². The van der Waals surface area contributed by atoms with Crippen LogP contribution < -0.4 is 15.8 Å². The molecule has 0 radical (unpaired) electrons. The maximum absolute atomic E-state index is 14.1. The molecule has 210 valence electrons. The fourth-order valence-electron chi connectivity index (χ4n) is 3.79. The van der Waals surface area contributed by atoms with E-state index in [0.29, 0.717) is 27.2 Å². The number of primary amides is 1. The van der Waals surface area contributed by atoms with Crippen molar-refractivity contribution in [2.45, 2.75) is 33.1 Å². The Balaban J connectivity index is 1.83. The lowest BCUT2D eigenvalue weighted by Crippen LogP contribution is -2.18. The second-order valence-corrected chi connectivity index (χ2v) is 10.1. The number of methoxy groups -OCH3 is 1. The average molecular weight is 596 g/mol. The molecule has 0 saturated carbocycles. The first kappa shape index (κ1) is 28.8. The van der Waals surface area contributed by atoms with Crippen molar-refractivity contribution in [1.29, 1.82) is 0 Å². The number of nitrogens with zero attached hydrogens (tertiary/aromatic N) is 3. The minimum atomic E-state index is -4.90. The van der Waals surface area contributed by atoms with E-state index in [1.54, 1.807) is 26.0 Å². The fourth-order valence-corrected chi connectivity index (χ4v) is 5.07. The average Bonchev–Trinajstić information content (AvgIpc) is 3.39. The Kier molecular flexibility index (Phi) is 7.76. The van der Waals surface area contributed by atoms with Gasteiger partial charge in [0.25, 0.3) is 11.8 Å². The molecule has 0 aliphatic heterocycles. The Labute approximate surface area is 233 Å². The molecule has 4 rings (SSSR count). The smallest absolute Gasteiger partial charge is 0.433 e. The zero-order valence-electron chi connectivity index (χ0n) is 21.3. The molecule has 40 heavy (non-hydrogen) atoms. The molecule has 3 aromatic heterocycles. The number of benzene rings is 1. The number of aromatic nitrogens is 3. The van der Waals surface area contributed by atoms with Gasteiger partial charge in [0.15, 0.2) is 17.0 Å². The number of carbonyl (C=O) groups is 3. The third-order valence-corrected chi connectivity index (χ3v) is 7.12. The first-order valence-electron chi connectivity index (χ1n) is 11.5. The third-order valence-electron chi connectivity index (χ3n) is 5.55. The largest absolute Gasteiger partial charge is 0.497 e. The zero-order chi connectivity index (χ0) is 29.5. The minimum absolute atomic E-state index is 0.0175. The van der Waals surface area contributed by atoms with Crippen molar-refractivity contribution < 1.29 is 37.0 Å². The summed E-state index contributed by atoms with van der Waals surface area (Å²) in [4.78, 5) is 42.1. The predicted octanol–water partition coefficient (Wildman–Crippen LogP) is 5.36. The summed E-state index contributed by atoms with van der Waals surface area (Å²) in [6.07, 6.45) is -5.42. The van der Waals surface area contributed by atoms with Crippen LogP contribution in [0.3, 0.4) is 0 Å². The normalized spacial score (nSPS) is 11.6. The Bertz CT molecular complexity index is 1660. The second-order valence-electron chi connectivity index (χ2n) is 8.69. The van der Waals surface area contributed by atoms with Gasteiger partial charge in [0.1, 0.15) is 15.8 Å². The van der Waals surface area contributed by atoms with E-state index in [0.717, 1.165) is 6.07 Å². The van der Waals surface area contributed by atoms with Crippen LogP contribution in [0.1, 0.15) is 55.6 Å². The molecule has 0 aliphatic carbocycles. The van der Waals surface area contributed by atoms with Gasteiger partial charge in [-0.05, 0) is 44.5 Å². The van der Waals surface area contributed by atoms with Gasteiger partial charge in [0.05, 0.1) is 29.3 Å². The summed E-state index contributed by atoms with van der Waals surface area (Å²) in [7, 11) is 1.41. The molecule has 10 nitrogen and oxygen atoms in total. The maximum atomic E-state index is 14.1. The lowest BCUT2D eigenvalue weighted by Gasteiger charge is -2.11. The number of fused-ring (bicyclic) bond motifs is 1. The number of nitrogens with two attached hydrogens (primary N) is 1. The number of ether oxygens (including phenoxy) is 2. The van der Waals surface area contributed by atoms with E-state index in [2.05, 4.69) is 15.4 Å². The molecule has 0 atom stereocenters. The van der Waals surface area contributed by atoms with Gasteiger partial charge in [-0.25, -0.2) is 14.3 Å². The van der Waals surface area contributed by atoms with Crippen LogP contribution in [0, 0.1) is 6.92 Å². The highest BCUT2D eigenvalue weighted by Crippen LogP contribution is 2.37. The van der Waals surface area contributed by atoms with Crippen LogP contribution >= 0.6 is 22.9 Å². The summed E-state index contributed by atoms with van der Waals surface area (Å²) in [5, 5.41) is 5.61. The van der Waals surface area contributed by atoms with E-state index in [1.807, 2.05) is 0 Å². The number of hydrogen-bond acceptors (Lipinski definition) is 8. The van der Waals surface area contributed by atoms with Crippen molar-refractivity contribution in [2.24, 2.45) is 5.73 Å². The van der Waals surface area contributed by atoms with Crippen molar-refractivity contribution in [1.82, 2.24) is 14.6 Å². The molecule has 0 fully saturated rings. The SMILES string of the molecule is COc1cccc(-c2cc(C(F)(F)F)n3nc(C(=O)Nc4sc(C(N)=O)c(C)c4C(=O)OC(C)C)c(Cl)c3n2)c1. The molecule has 3 heterocycles. The molecule has 2 amide bonds. The molecule has 1 aromatic carbocycles. The molecule has 0 aliphatic rings. The van der Waals surface area contributed by atoms with Crippen molar-refractivity contribution in [3.05, 3.63) is 62.7 Å². The van der Waals surface area contributed by atoms with E-state index in [1.165, 1.54) is 26.2 Å². The van der Waals surface area contributed by atoms with Crippen LogP contribution in [0.15, 0.2) is 30.3 Å². The standard InChI is InChI=1S/C25H21ClF3N5O5S/c1-10(2)39-24(37)16-11(3)19(20(30)35)40-23(16)32-22(36)18-17(26)21-31-14(12-6-5-7-13(8-12)38-4)9-15(25(27,28)29)34(21)33-18/h5-10H,1-4H3,(H2,30,35)(H,32,36). The van der Waals surface area contributed by atoms with Gasteiger partial charge in [0.2, 0.25) is 0 Å². The predicted molar refractivity (Wildman–Crippen MR) is 141 cm³/mol. The van der Waals surface area contributed by atoms with E-state index in [4.69, 9.17) is 26.8 Å². The highest BCUT2D eigenvalue weighted by atomic mass is 35.5. The van der Waals surface area contributed by atoms with Crippen LogP contribution in [0.25, 0.3) is 16.9 Å². The fraction of sp³-hybridized carbons (Fsp3) is 0.240. The quantitative estimate of drug-likeness (QED) is 0.274. The van der Waals surface area contributed by atoms with Gasteiger partial charge < -0.3 is 20.5 Å². The highest BCUT2D eigenvalue weighted by Gasteiger charge is 2.37. The van der Waals surface area contributed by atoms with E-state index in [-0.39, 0.29) is 26.7 Å². The number of alkyl halides is 3. The van der Waals surface area contributed by atoms with Crippen molar-refractivity contribution in [3.63, 3.8) is 0 Å². The summed E-state index contributed by atoms with van der Waals surface area (Å²) in [5.74, 6) is -2.35. The zero-order valence-corrected chi connectivity index (χ0v) is 22.9. The van der Waals surface area contributed by atoms with Gasteiger partial charge in [-0.15, -0.1) is 11.3 Å². The van der Waals surface area contributed by atoms with Crippen molar-refractivity contribution in [2.75, 3.05) is 12.4 Å². The Morgan fingerprint density at radius 2 is 1.90 bits per heavy atom. The molecule has 0 spiro atoms. The number of anilines is 1. The number of amides is 2. The lowest BCUT2D eigenvalue weighted by atomic mass is 10.1. The molecular formula is C25H21ClF3N5O5S. The number of hydrogen-bond donors (Lipinski definition) is 2. The molecule has 3 N–H and O–H groups in total. The van der Waals surface area contributed by atoms with Crippen molar-refractivity contribution in [3.8, 4) is 17.0 Å². The van der Waals surface area contributed by atoms with Crippen LogP contribution in [0.5, 0.6) is 5.75 Å². The first-order valence-corrected chi connectivity index (χ1v) is 12.7. The topological polar surface area (TPSA) is 138 Å². The Hall–Kier alpha value is -4.17. The molecule has 0 unspecified atom stereocenters. The summed E-state index contributed by atoms with van der Waals surface area (Å²) >= 11 is 7.06. The maximum Gasteiger partial charge on any atom is 0.433 e. The van der Waals surface area contributed by atoms with Gasteiger partial charge in [-0.3, -0.25) is 9.59 Å². The number of rotatable bonds is 7. The van der Waals surface area contributed by atoms with Gasteiger partial charge in [-0.2, -0.15) is 18.3 Å². The minimum Gasteiger partial charge on any atom is -0.497 e. The third kappa shape index (κ3) is 5.45. The molecule has 15 heteroatoms. The van der Waals surface area contributed by atoms with Crippen LogP contribution in [0.4, 0.5) is 18.2 Å². The van der Waals surface area contributed by atoms with Crippen LogP contribution in [-0.2, 0) is 10.9 Å². The van der Waals surface area contributed by atoms with Crippen LogP contribution in [0.2, 0.25) is 5.02 Å². The molecular weight excluding hydrogens is 575 g/mol. The molecule has 4 aromatic rings. The summed E-state index contributed by atoms with van der Waals surface area (Å²) in [6.45, 7) is 4.66. The number of esters is 1. The Morgan fingerprint density at radius 3 is 2.50 bits per heavy atom. The van der Waals surface area contributed by atoms with Gasteiger partial charge in [0, 0.05) is 5.56 Å². The number of nitrogens with one attached hydrogen (secondary N) is 1. The van der Waals surface area contributed by atoms with E-state index < -0.39 is 52.1 Å². The highest BCUT2D eigenvalue weighted by molar-refractivity contribution is 7.18. The van der Waals surface area contributed by atoms with E-state index in [9.17, 15) is 27.6 Å².